The van der Waals surface area contributed by atoms with Crippen LogP contribution in [-0.2, 0) is 0 Å². The first-order valence-corrected chi connectivity index (χ1v) is 17.0. The summed E-state index contributed by atoms with van der Waals surface area (Å²) in [6, 6.07) is 24.8. The van der Waals surface area contributed by atoms with Gasteiger partial charge in [0.25, 0.3) is 0 Å². The topological polar surface area (TPSA) is 71.1 Å². The van der Waals surface area contributed by atoms with E-state index in [1.54, 1.807) is 72.8 Å². The summed E-state index contributed by atoms with van der Waals surface area (Å²) in [6.07, 6.45) is 14.6. The van der Waals surface area contributed by atoms with Crippen molar-refractivity contribution in [3.05, 3.63) is 96.1 Å². The molecule has 0 radical (unpaired) electrons. The predicted octanol–water partition coefficient (Wildman–Crippen LogP) is 10.8. The lowest BCUT2D eigenvalue weighted by Gasteiger charge is -2.09. The minimum absolute atomic E-state index is 0.435. The van der Waals surface area contributed by atoms with Gasteiger partial charge in [-0.25, -0.2) is 9.59 Å². The second-order valence-electron chi connectivity index (χ2n) is 11.7. The molecular formula is C40H48O6. The molecule has 0 N–H and O–H groups in total. The van der Waals surface area contributed by atoms with Crippen LogP contribution in [0, 0.1) is 0 Å². The minimum Gasteiger partial charge on any atom is -0.494 e. The summed E-state index contributed by atoms with van der Waals surface area (Å²) in [5.41, 5.74) is 0.901. The Hall–Kier alpha value is -4.32. The van der Waals surface area contributed by atoms with Crippen LogP contribution in [0.3, 0.4) is 0 Å². The highest BCUT2D eigenvalue weighted by Crippen LogP contribution is 2.27. The molecule has 4 rings (SSSR count). The number of esters is 2. The van der Waals surface area contributed by atoms with Gasteiger partial charge in [-0.3, -0.25) is 0 Å². The quantitative estimate of drug-likeness (QED) is 0.0553. The van der Waals surface area contributed by atoms with Gasteiger partial charge in [-0.15, -0.1) is 0 Å². The maximum Gasteiger partial charge on any atom is 0.343 e. The van der Waals surface area contributed by atoms with Gasteiger partial charge in [0.15, 0.2) is 0 Å². The van der Waals surface area contributed by atoms with Crippen LogP contribution < -0.4 is 18.9 Å². The monoisotopic (exact) mass is 624 g/mol. The molecule has 6 heteroatoms. The van der Waals surface area contributed by atoms with E-state index in [0.717, 1.165) is 35.1 Å². The van der Waals surface area contributed by atoms with E-state index in [4.69, 9.17) is 18.9 Å². The van der Waals surface area contributed by atoms with Crippen LogP contribution in [0.5, 0.6) is 23.0 Å². The lowest BCUT2D eigenvalue weighted by molar-refractivity contribution is 0.0725. The number of fused-ring (bicyclic) bond motifs is 1. The van der Waals surface area contributed by atoms with E-state index in [-0.39, 0.29) is 0 Å². The van der Waals surface area contributed by atoms with Crippen molar-refractivity contribution in [3.8, 4) is 23.0 Å². The Morgan fingerprint density at radius 2 is 0.783 bits per heavy atom. The summed E-state index contributed by atoms with van der Waals surface area (Å²) >= 11 is 0. The molecule has 0 unspecified atom stereocenters. The summed E-state index contributed by atoms with van der Waals surface area (Å²) < 4.78 is 22.9. The van der Waals surface area contributed by atoms with E-state index < -0.39 is 11.9 Å². The molecule has 0 fully saturated rings. The first kappa shape index (κ1) is 34.6. The van der Waals surface area contributed by atoms with Crippen molar-refractivity contribution in [2.24, 2.45) is 0 Å². The number of rotatable bonds is 20. The van der Waals surface area contributed by atoms with Crippen molar-refractivity contribution >= 4 is 22.7 Å². The highest BCUT2D eigenvalue weighted by atomic mass is 16.5. The average Bonchev–Trinajstić information content (AvgIpc) is 3.08. The van der Waals surface area contributed by atoms with Crippen LogP contribution in [0.25, 0.3) is 10.8 Å². The van der Waals surface area contributed by atoms with E-state index in [1.807, 2.05) is 12.1 Å². The summed E-state index contributed by atoms with van der Waals surface area (Å²) in [4.78, 5) is 25.5. The Labute approximate surface area is 274 Å². The van der Waals surface area contributed by atoms with E-state index in [2.05, 4.69) is 13.8 Å². The molecule has 244 valence electrons. The Morgan fingerprint density at radius 1 is 0.435 bits per heavy atom. The molecule has 46 heavy (non-hydrogen) atoms. The third-order valence-electron chi connectivity index (χ3n) is 7.92. The number of ether oxygens (including phenoxy) is 4. The molecule has 0 aromatic heterocycles. The minimum atomic E-state index is -0.439. The highest BCUT2D eigenvalue weighted by Gasteiger charge is 2.12. The van der Waals surface area contributed by atoms with Gasteiger partial charge in [-0.1, -0.05) is 90.2 Å². The van der Waals surface area contributed by atoms with Crippen molar-refractivity contribution in [3.63, 3.8) is 0 Å². The van der Waals surface area contributed by atoms with E-state index in [0.29, 0.717) is 35.8 Å². The standard InChI is InChI=1S/C40H48O6/c1-3-5-7-9-11-13-27-43-35-21-15-31(16-22-35)39(41)45-37-25-19-34-30-38(26-20-33(34)29-37)46-40(42)32-17-23-36(24-18-32)44-28-14-12-10-8-6-4-2/h15-26,29-30H,3-14,27-28H2,1-2H3. The van der Waals surface area contributed by atoms with Crippen molar-refractivity contribution in [2.75, 3.05) is 13.2 Å². The molecule has 6 nitrogen and oxygen atoms in total. The summed E-state index contributed by atoms with van der Waals surface area (Å²) in [5, 5.41) is 1.71. The van der Waals surface area contributed by atoms with E-state index in [1.165, 1.54) is 64.2 Å². The van der Waals surface area contributed by atoms with Crippen LogP contribution in [-0.4, -0.2) is 25.2 Å². The Balaban J connectivity index is 1.22. The zero-order valence-corrected chi connectivity index (χ0v) is 27.4. The smallest absolute Gasteiger partial charge is 0.343 e. The second-order valence-corrected chi connectivity index (χ2v) is 11.7. The Bertz CT molecular complexity index is 1380. The molecule has 0 aliphatic carbocycles. The van der Waals surface area contributed by atoms with Crippen LogP contribution in [0.4, 0.5) is 0 Å². The fourth-order valence-corrected chi connectivity index (χ4v) is 5.18. The zero-order valence-electron chi connectivity index (χ0n) is 27.4. The normalized spacial score (nSPS) is 10.9. The summed E-state index contributed by atoms with van der Waals surface area (Å²) in [5.74, 6) is 1.49. The second kappa shape index (κ2) is 19.3. The summed E-state index contributed by atoms with van der Waals surface area (Å²) in [7, 11) is 0. The molecule has 0 saturated carbocycles. The van der Waals surface area contributed by atoms with Crippen LogP contribution in [0.1, 0.15) is 112 Å². The zero-order chi connectivity index (χ0) is 32.4. The predicted molar refractivity (Wildman–Crippen MR) is 184 cm³/mol. The molecule has 0 heterocycles. The molecule has 0 saturated heterocycles. The van der Waals surface area contributed by atoms with Gasteiger partial charge >= 0.3 is 11.9 Å². The third kappa shape index (κ3) is 11.6. The van der Waals surface area contributed by atoms with Crippen molar-refractivity contribution in [1.29, 1.82) is 0 Å². The number of benzene rings is 4. The molecular weight excluding hydrogens is 576 g/mol. The molecule has 0 bridgehead atoms. The van der Waals surface area contributed by atoms with Crippen molar-refractivity contribution in [1.82, 2.24) is 0 Å². The van der Waals surface area contributed by atoms with Gasteiger partial charge < -0.3 is 18.9 Å². The van der Waals surface area contributed by atoms with Gasteiger partial charge in [0.05, 0.1) is 24.3 Å². The number of hydrogen-bond acceptors (Lipinski definition) is 6. The van der Waals surface area contributed by atoms with Gasteiger partial charge in [0.1, 0.15) is 23.0 Å². The fraction of sp³-hybridized carbons (Fsp3) is 0.400. The molecule has 4 aromatic carbocycles. The molecule has 0 spiro atoms. The first-order valence-electron chi connectivity index (χ1n) is 17.0. The SMILES string of the molecule is CCCCCCCCOc1ccc(C(=O)Oc2ccc3cc(OC(=O)c4ccc(OCCCCCCCC)cc4)ccc3c2)cc1. The molecule has 0 aliphatic rings. The summed E-state index contributed by atoms with van der Waals surface area (Å²) in [6.45, 7) is 5.79. The van der Waals surface area contributed by atoms with Gasteiger partial charge in [0, 0.05) is 0 Å². The number of carbonyl (C=O) groups excluding carboxylic acids is 2. The Kier molecular flexibility index (Phi) is 14.5. The molecule has 0 atom stereocenters. The number of carbonyl (C=O) groups is 2. The molecule has 4 aromatic rings. The van der Waals surface area contributed by atoms with Gasteiger partial charge in [-0.2, -0.15) is 0 Å². The average molecular weight is 625 g/mol. The van der Waals surface area contributed by atoms with Crippen LogP contribution in [0.2, 0.25) is 0 Å². The lowest BCUT2D eigenvalue weighted by Crippen LogP contribution is -2.09. The van der Waals surface area contributed by atoms with Gasteiger partial charge in [0.2, 0.25) is 0 Å². The highest BCUT2D eigenvalue weighted by molar-refractivity contribution is 5.93. The number of unbranched alkanes of at least 4 members (excludes halogenated alkanes) is 10. The maximum absolute atomic E-state index is 12.8. The molecule has 0 aliphatic heterocycles. The largest absolute Gasteiger partial charge is 0.494 e. The van der Waals surface area contributed by atoms with E-state index >= 15 is 0 Å². The van der Waals surface area contributed by atoms with Crippen molar-refractivity contribution in [2.45, 2.75) is 90.9 Å². The van der Waals surface area contributed by atoms with E-state index in [9.17, 15) is 9.59 Å². The van der Waals surface area contributed by atoms with Gasteiger partial charge in [-0.05, 0) is 96.4 Å². The fourth-order valence-electron chi connectivity index (χ4n) is 5.18. The van der Waals surface area contributed by atoms with Crippen molar-refractivity contribution < 1.29 is 28.5 Å². The third-order valence-corrected chi connectivity index (χ3v) is 7.92. The Morgan fingerprint density at radius 3 is 1.17 bits per heavy atom. The lowest BCUT2D eigenvalue weighted by atomic mass is 10.1. The van der Waals surface area contributed by atoms with Crippen LogP contribution >= 0.6 is 0 Å². The molecule has 0 amide bonds. The maximum atomic E-state index is 12.8. The number of hydrogen-bond donors (Lipinski definition) is 0. The first-order chi connectivity index (χ1) is 22.6. The van der Waals surface area contributed by atoms with Crippen LogP contribution in [0.15, 0.2) is 84.9 Å².